The molecule has 6 nitrogen and oxygen atoms in total. The van der Waals surface area contributed by atoms with Crippen LogP contribution in [0.2, 0.25) is 0 Å². The van der Waals surface area contributed by atoms with E-state index >= 15 is 0 Å². The molecule has 0 amide bonds. The second kappa shape index (κ2) is 4.13. The molecule has 72 valence electrons. The van der Waals surface area contributed by atoms with Crippen LogP contribution in [-0.4, -0.2) is 53.6 Å². The molecule has 1 aliphatic rings. The standard InChI is InChI=1S/C6H13NO5/c1-11-5-4(9)3(2-8)12-7-6(5)10/h3-10H,2H2,1H3. The topological polar surface area (TPSA) is 91.2 Å². The van der Waals surface area contributed by atoms with Gasteiger partial charge in [0.2, 0.25) is 0 Å². The molecule has 1 heterocycles. The molecule has 1 fully saturated rings. The van der Waals surface area contributed by atoms with E-state index in [1.807, 2.05) is 0 Å². The van der Waals surface area contributed by atoms with E-state index in [0.29, 0.717) is 0 Å². The highest BCUT2D eigenvalue weighted by molar-refractivity contribution is 4.83. The minimum atomic E-state index is -1.08. The van der Waals surface area contributed by atoms with Crippen LogP contribution in [0.25, 0.3) is 0 Å². The van der Waals surface area contributed by atoms with Crippen molar-refractivity contribution in [2.45, 2.75) is 24.5 Å². The number of hydrogen-bond donors (Lipinski definition) is 4. The van der Waals surface area contributed by atoms with Gasteiger partial charge in [-0.1, -0.05) is 0 Å². The molecular weight excluding hydrogens is 166 g/mol. The number of hydrogen-bond acceptors (Lipinski definition) is 6. The number of ether oxygens (including phenoxy) is 1. The summed E-state index contributed by atoms with van der Waals surface area (Å²) in [6, 6.07) is 0. The van der Waals surface area contributed by atoms with Crippen molar-refractivity contribution in [1.82, 2.24) is 5.48 Å². The van der Waals surface area contributed by atoms with Gasteiger partial charge in [0, 0.05) is 7.11 Å². The maximum atomic E-state index is 9.39. The number of aliphatic hydroxyl groups excluding tert-OH is 3. The minimum absolute atomic E-state index is 0.333. The first-order valence-electron chi connectivity index (χ1n) is 3.61. The molecule has 0 saturated carbocycles. The predicted molar refractivity (Wildman–Crippen MR) is 37.9 cm³/mol. The Morgan fingerprint density at radius 3 is 2.67 bits per heavy atom. The van der Waals surface area contributed by atoms with Crippen LogP contribution >= 0.6 is 0 Å². The Kier molecular flexibility index (Phi) is 3.39. The van der Waals surface area contributed by atoms with Crippen molar-refractivity contribution < 1.29 is 24.9 Å². The van der Waals surface area contributed by atoms with Gasteiger partial charge >= 0.3 is 0 Å². The smallest absolute Gasteiger partial charge is 0.155 e. The molecule has 4 atom stereocenters. The summed E-state index contributed by atoms with van der Waals surface area (Å²) in [5.41, 5.74) is 2.22. The molecule has 6 heteroatoms. The van der Waals surface area contributed by atoms with Crippen LogP contribution < -0.4 is 5.48 Å². The van der Waals surface area contributed by atoms with Crippen LogP contribution in [0.1, 0.15) is 0 Å². The first-order chi connectivity index (χ1) is 5.70. The minimum Gasteiger partial charge on any atom is -0.393 e. The molecule has 1 aliphatic heterocycles. The molecule has 1 rings (SSSR count). The molecule has 4 unspecified atom stereocenters. The highest BCUT2D eigenvalue weighted by Gasteiger charge is 2.38. The van der Waals surface area contributed by atoms with Gasteiger partial charge in [-0.2, -0.15) is 5.48 Å². The van der Waals surface area contributed by atoms with E-state index in [0.717, 1.165) is 0 Å². The van der Waals surface area contributed by atoms with Gasteiger partial charge in [0.15, 0.2) is 6.23 Å². The van der Waals surface area contributed by atoms with E-state index in [-0.39, 0.29) is 6.61 Å². The summed E-state index contributed by atoms with van der Waals surface area (Å²) >= 11 is 0. The van der Waals surface area contributed by atoms with E-state index in [9.17, 15) is 5.11 Å². The summed E-state index contributed by atoms with van der Waals surface area (Å²) in [5, 5.41) is 27.2. The molecule has 4 N–H and O–H groups in total. The van der Waals surface area contributed by atoms with Crippen LogP contribution in [0.15, 0.2) is 0 Å². The van der Waals surface area contributed by atoms with Crippen LogP contribution in [0.5, 0.6) is 0 Å². The summed E-state index contributed by atoms with van der Waals surface area (Å²) in [5.74, 6) is 0. The third kappa shape index (κ3) is 1.74. The first kappa shape index (κ1) is 9.85. The van der Waals surface area contributed by atoms with E-state index < -0.39 is 24.5 Å². The Bertz CT molecular complexity index is 144. The van der Waals surface area contributed by atoms with Gasteiger partial charge in [-0.25, -0.2) is 0 Å². The predicted octanol–water partition coefficient (Wildman–Crippen LogP) is -2.42. The summed E-state index contributed by atoms with van der Waals surface area (Å²) in [7, 11) is 1.36. The Balaban J connectivity index is 2.56. The summed E-state index contributed by atoms with van der Waals surface area (Å²) in [6.07, 6.45) is -3.65. The van der Waals surface area contributed by atoms with Crippen LogP contribution in [0.3, 0.4) is 0 Å². The van der Waals surface area contributed by atoms with Gasteiger partial charge in [0.05, 0.1) is 6.61 Å². The Morgan fingerprint density at radius 2 is 2.17 bits per heavy atom. The fourth-order valence-corrected chi connectivity index (χ4v) is 1.11. The monoisotopic (exact) mass is 179 g/mol. The van der Waals surface area contributed by atoms with E-state index in [2.05, 4.69) is 5.48 Å². The molecule has 0 spiro atoms. The normalized spacial score (nSPS) is 43.0. The highest BCUT2D eigenvalue weighted by atomic mass is 16.7. The summed E-state index contributed by atoms with van der Waals surface area (Å²) < 4.78 is 4.79. The van der Waals surface area contributed by atoms with Crippen LogP contribution in [-0.2, 0) is 9.57 Å². The number of aliphatic hydroxyl groups is 3. The van der Waals surface area contributed by atoms with Crippen molar-refractivity contribution in [2.24, 2.45) is 0 Å². The Morgan fingerprint density at radius 1 is 1.50 bits per heavy atom. The average molecular weight is 179 g/mol. The van der Waals surface area contributed by atoms with Crippen molar-refractivity contribution >= 4 is 0 Å². The fraction of sp³-hybridized carbons (Fsp3) is 1.00. The van der Waals surface area contributed by atoms with Crippen LogP contribution in [0, 0.1) is 0 Å². The second-order valence-electron chi connectivity index (χ2n) is 2.59. The third-order valence-corrected chi connectivity index (χ3v) is 1.82. The maximum absolute atomic E-state index is 9.39. The van der Waals surface area contributed by atoms with Crippen molar-refractivity contribution in [2.75, 3.05) is 13.7 Å². The SMILES string of the molecule is COC1C(O)NOC(CO)C1O. The second-order valence-corrected chi connectivity index (χ2v) is 2.59. The van der Waals surface area contributed by atoms with Gasteiger partial charge in [0.1, 0.15) is 18.3 Å². The van der Waals surface area contributed by atoms with E-state index in [1.165, 1.54) is 7.11 Å². The lowest BCUT2D eigenvalue weighted by atomic mass is 10.1. The van der Waals surface area contributed by atoms with Gasteiger partial charge in [-0.3, -0.25) is 4.84 Å². The van der Waals surface area contributed by atoms with E-state index in [1.54, 1.807) is 0 Å². The molecule has 0 aromatic heterocycles. The average Bonchev–Trinajstić information content (AvgIpc) is 2.06. The Labute approximate surface area is 69.7 Å². The maximum Gasteiger partial charge on any atom is 0.155 e. The zero-order chi connectivity index (χ0) is 9.14. The van der Waals surface area contributed by atoms with Gasteiger partial charge in [-0.15, -0.1) is 0 Å². The lowest BCUT2D eigenvalue weighted by Crippen LogP contribution is -2.60. The molecule has 0 aromatic rings. The summed E-state index contributed by atoms with van der Waals surface area (Å²) in [6.45, 7) is -0.333. The zero-order valence-electron chi connectivity index (χ0n) is 6.67. The van der Waals surface area contributed by atoms with Crippen molar-refractivity contribution in [3.63, 3.8) is 0 Å². The van der Waals surface area contributed by atoms with Gasteiger partial charge < -0.3 is 20.1 Å². The number of rotatable bonds is 2. The summed E-state index contributed by atoms with van der Waals surface area (Å²) in [4.78, 5) is 4.70. The number of hydroxylamine groups is 1. The van der Waals surface area contributed by atoms with Crippen molar-refractivity contribution in [3.05, 3.63) is 0 Å². The molecule has 0 aromatic carbocycles. The molecule has 1 saturated heterocycles. The lowest BCUT2D eigenvalue weighted by Gasteiger charge is -2.36. The van der Waals surface area contributed by atoms with E-state index in [4.69, 9.17) is 19.8 Å². The first-order valence-corrected chi connectivity index (χ1v) is 3.61. The van der Waals surface area contributed by atoms with Crippen molar-refractivity contribution in [3.8, 4) is 0 Å². The number of nitrogens with one attached hydrogen (secondary N) is 1. The molecular formula is C6H13NO5. The molecule has 0 bridgehead atoms. The molecule has 12 heavy (non-hydrogen) atoms. The quantitative estimate of drug-likeness (QED) is 0.377. The fourth-order valence-electron chi connectivity index (χ4n) is 1.11. The Hall–Kier alpha value is -0.240. The lowest BCUT2D eigenvalue weighted by molar-refractivity contribution is -0.249. The largest absolute Gasteiger partial charge is 0.393 e. The number of methoxy groups -OCH3 is 1. The molecule has 0 aliphatic carbocycles. The van der Waals surface area contributed by atoms with Crippen molar-refractivity contribution in [1.29, 1.82) is 0 Å². The highest BCUT2D eigenvalue weighted by Crippen LogP contribution is 2.13. The third-order valence-electron chi connectivity index (χ3n) is 1.82. The van der Waals surface area contributed by atoms with Gasteiger partial charge in [-0.05, 0) is 0 Å². The van der Waals surface area contributed by atoms with Crippen LogP contribution in [0.4, 0.5) is 0 Å². The molecule has 0 radical (unpaired) electrons. The zero-order valence-corrected chi connectivity index (χ0v) is 6.67. The van der Waals surface area contributed by atoms with Gasteiger partial charge in [0.25, 0.3) is 0 Å².